The molecular formula is C78H89F17O7S3. The SMILES string of the molecule is C.CCCC1CCC(c2ccc(-c3ccc(OC(F)(F)F)c(F)c3C)c(F)c2F)CC1.CCCC1CCC(c2ccc(-c3ccc(OC(F)(F)F)c(F)c3SCCC(=O)OCC)c(F)c2F)CC1.CCCC1CCC(c2ccc3c(sc4c(F)c(OC(F)(F)F)ccc43)c2F)CC1.CCOC(=O)CCS. The normalized spacial score (nSPS) is 18.3. The van der Waals surface area contributed by atoms with Gasteiger partial charge in [-0.3, -0.25) is 9.59 Å². The lowest BCUT2D eigenvalue weighted by molar-refractivity contribution is -0.276. The number of benzene rings is 6. The van der Waals surface area contributed by atoms with Crippen molar-refractivity contribution >= 4 is 67.8 Å². The Kier molecular flexibility index (Phi) is 33.3. The highest BCUT2D eigenvalue weighted by Crippen LogP contribution is 2.48. The van der Waals surface area contributed by atoms with Crippen LogP contribution in [-0.4, -0.2) is 55.7 Å². The summed E-state index contributed by atoms with van der Waals surface area (Å²) in [6.07, 6.45) is 2.78. The second kappa shape index (κ2) is 40.0. The van der Waals surface area contributed by atoms with Crippen molar-refractivity contribution in [1.82, 2.24) is 0 Å². The first-order chi connectivity index (χ1) is 49.3. The van der Waals surface area contributed by atoms with Gasteiger partial charge in [-0.05, 0) is 191 Å². The summed E-state index contributed by atoms with van der Waals surface area (Å²) >= 11 is 5.40. The predicted molar refractivity (Wildman–Crippen MR) is 380 cm³/mol. The maximum absolute atomic E-state index is 15.3. The fraction of sp³-hybridized carbons (Fsp3) is 0.513. The molecule has 3 aliphatic rings. The van der Waals surface area contributed by atoms with Crippen molar-refractivity contribution in [2.24, 2.45) is 17.8 Å². The van der Waals surface area contributed by atoms with Crippen LogP contribution >= 0.6 is 35.7 Å². The molecule has 7 nitrogen and oxygen atoms in total. The van der Waals surface area contributed by atoms with Crippen LogP contribution in [0, 0.1) is 71.2 Å². The van der Waals surface area contributed by atoms with Gasteiger partial charge in [-0.1, -0.05) is 109 Å². The topological polar surface area (TPSA) is 80.3 Å². The molecule has 3 aliphatic carbocycles. The Balaban J connectivity index is 0.000000235. The van der Waals surface area contributed by atoms with E-state index in [4.69, 9.17) is 4.74 Å². The molecule has 0 unspecified atom stereocenters. The number of rotatable bonds is 22. The lowest BCUT2D eigenvalue weighted by atomic mass is 9.77. The van der Waals surface area contributed by atoms with E-state index in [9.17, 15) is 66.7 Å². The number of halogens is 17. The Morgan fingerprint density at radius 1 is 0.429 bits per heavy atom. The molecule has 1 aromatic heterocycles. The average Bonchev–Trinajstić information content (AvgIpc) is 1.64. The van der Waals surface area contributed by atoms with E-state index in [1.165, 1.54) is 43.7 Å². The van der Waals surface area contributed by atoms with Crippen molar-refractivity contribution < 1.29 is 108 Å². The Morgan fingerprint density at radius 2 is 0.771 bits per heavy atom. The molecule has 0 spiro atoms. The molecule has 6 aromatic carbocycles. The first kappa shape index (κ1) is 87.3. The summed E-state index contributed by atoms with van der Waals surface area (Å²) in [6.45, 7) is 11.6. The van der Waals surface area contributed by atoms with E-state index in [1.807, 2.05) is 0 Å². The fourth-order valence-electron chi connectivity index (χ4n) is 14.1. The van der Waals surface area contributed by atoms with Gasteiger partial charge in [0.05, 0.1) is 40.4 Å². The molecule has 1 heterocycles. The minimum absolute atomic E-state index is 0. The quantitative estimate of drug-likeness (QED) is 0.0311. The van der Waals surface area contributed by atoms with Crippen molar-refractivity contribution in [2.45, 2.75) is 219 Å². The summed E-state index contributed by atoms with van der Waals surface area (Å²) in [7, 11) is 0. The summed E-state index contributed by atoms with van der Waals surface area (Å²) in [4.78, 5) is 21.7. The number of thiol groups is 1. The summed E-state index contributed by atoms with van der Waals surface area (Å²) in [6, 6.07) is 15.2. The lowest BCUT2D eigenvalue weighted by Gasteiger charge is -2.29. The molecule has 580 valence electrons. The van der Waals surface area contributed by atoms with E-state index in [-0.39, 0.29) is 103 Å². The molecular weight excluding hydrogens is 1470 g/mol. The first-order valence-electron chi connectivity index (χ1n) is 35.0. The minimum atomic E-state index is -5.15. The third-order valence-electron chi connectivity index (χ3n) is 19.0. The smallest absolute Gasteiger partial charge is 0.466 e. The minimum Gasteiger partial charge on any atom is -0.466 e. The zero-order valence-electron chi connectivity index (χ0n) is 58.4. The van der Waals surface area contributed by atoms with Crippen molar-refractivity contribution in [3.05, 3.63) is 142 Å². The molecule has 0 N–H and O–H groups in total. The largest absolute Gasteiger partial charge is 0.573 e. The molecule has 0 atom stereocenters. The number of ether oxygens (including phenoxy) is 5. The van der Waals surface area contributed by atoms with Gasteiger partial charge < -0.3 is 23.7 Å². The van der Waals surface area contributed by atoms with Crippen LogP contribution in [0.5, 0.6) is 17.2 Å². The Labute approximate surface area is 615 Å². The highest BCUT2D eigenvalue weighted by atomic mass is 32.2. The molecule has 0 bridgehead atoms. The second-order valence-corrected chi connectivity index (χ2v) is 28.6. The number of fused-ring (bicyclic) bond motifs is 3. The van der Waals surface area contributed by atoms with Crippen LogP contribution in [-0.2, 0) is 19.1 Å². The average molecular weight is 1560 g/mol. The Hall–Kier alpha value is -6.61. The van der Waals surface area contributed by atoms with Gasteiger partial charge in [-0.25, -0.2) is 35.1 Å². The molecule has 27 heteroatoms. The van der Waals surface area contributed by atoms with Crippen LogP contribution in [0.4, 0.5) is 74.6 Å². The molecule has 105 heavy (non-hydrogen) atoms. The van der Waals surface area contributed by atoms with Gasteiger partial charge in [-0.2, -0.15) is 12.6 Å². The maximum Gasteiger partial charge on any atom is 0.573 e. The van der Waals surface area contributed by atoms with Crippen LogP contribution in [0.3, 0.4) is 0 Å². The van der Waals surface area contributed by atoms with Crippen LogP contribution in [0.15, 0.2) is 77.7 Å². The Bertz CT molecular complexity index is 3980. The lowest BCUT2D eigenvalue weighted by Crippen LogP contribution is -2.18. The number of alkyl halides is 9. The number of thiophene rings is 1. The summed E-state index contributed by atoms with van der Waals surface area (Å²) in [5.74, 6) is -9.81. The van der Waals surface area contributed by atoms with E-state index < -0.39 is 83.0 Å². The van der Waals surface area contributed by atoms with E-state index in [2.05, 4.69) is 52.3 Å². The number of thioether (sulfide) groups is 1. The van der Waals surface area contributed by atoms with Crippen LogP contribution in [0.1, 0.15) is 210 Å². The molecule has 10 rings (SSSR count). The highest BCUT2D eigenvalue weighted by Gasteiger charge is 2.37. The number of hydrogen-bond acceptors (Lipinski definition) is 10. The van der Waals surface area contributed by atoms with Gasteiger partial charge in [0.15, 0.2) is 58.0 Å². The number of carbonyl (C=O) groups excluding carboxylic acids is 2. The van der Waals surface area contributed by atoms with Gasteiger partial charge in [-0.15, -0.1) is 62.6 Å². The predicted octanol–water partition coefficient (Wildman–Crippen LogP) is 26.7. The Morgan fingerprint density at radius 3 is 1.18 bits per heavy atom. The molecule has 0 amide bonds. The van der Waals surface area contributed by atoms with Crippen LogP contribution < -0.4 is 14.2 Å². The summed E-state index contributed by atoms with van der Waals surface area (Å²) in [5.41, 5.74) is 0.329. The number of carbonyl (C=O) groups is 2. The van der Waals surface area contributed by atoms with E-state index in [1.54, 1.807) is 26.0 Å². The van der Waals surface area contributed by atoms with E-state index >= 15 is 17.6 Å². The molecule has 7 aromatic rings. The van der Waals surface area contributed by atoms with Crippen molar-refractivity contribution in [3.8, 4) is 39.5 Å². The van der Waals surface area contributed by atoms with E-state index in [0.29, 0.717) is 70.2 Å². The third-order valence-corrected chi connectivity index (χ3v) is 21.5. The van der Waals surface area contributed by atoms with Crippen LogP contribution in [0.2, 0.25) is 0 Å². The number of hydrogen-bond donors (Lipinski definition) is 1. The molecule has 3 saturated carbocycles. The van der Waals surface area contributed by atoms with E-state index in [0.717, 1.165) is 151 Å². The van der Waals surface area contributed by atoms with Crippen molar-refractivity contribution in [2.75, 3.05) is 24.7 Å². The molecule has 3 fully saturated rings. The van der Waals surface area contributed by atoms with Crippen molar-refractivity contribution in [3.63, 3.8) is 0 Å². The van der Waals surface area contributed by atoms with Gasteiger partial charge in [0.25, 0.3) is 0 Å². The first-order valence-corrected chi connectivity index (χ1v) is 37.4. The van der Waals surface area contributed by atoms with Gasteiger partial charge >= 0.3 is 31.0 Å². The standard InChI is InChI=1S/C27H30F6O3S.C23H24F6O.C22H21F5OS.C5H10O2S.CH4/c1-3-5-16-6-8-17(9-7-16)18-10-11-19(24(29)23(18)28)20-12-13-21(36-27(31,32)33)25(30)26(20)37-15-14-22(34)35-4-2;1-3-4-14-5-7-15(8-6-14)17-9-10-18(22(26)21(17)25)16-11-12-19(20(24)13(16)2)30-23(27,28)29;1-2-3-12-4-6-13(7-5-12)14-8-9-15-16-10-11-17(28-22(25,26)27)19(24)21(16)29-20(15)18(14)23;1-2-7-5(6)3-4-8;/h10-13,16-17H,3-9,14-15H2,1-2H3;9-12,14-15H,3-8H2,1-2H3;8-13H,2-7H2,1H3;8H,2-4H2,1H3;1H4. The summed E-state index contributed by atoms with van der Waals surface area (Å²) < 4.78 is 253. The maximum atomic E-state index is 15.3. The molecule has 0 saturated heterocycles. The summed E-state index contributed by atoms with van der Waals surface area (Å²) in [5, 5.41) is 0.914. The monoisotopic (exact) mass is 1560 g/mol. The van der Waals surface area contributed by atoms with Crippen LogP contribution in [0.25, 0.3) is 42.4 Å². The third kappa shape index (κ3) is 23.9. The zero-order chi connectivity index (χ0) is 76.4. The fourth-order valence-corrected chi connectivity index (χ4v) is 16.5. The zero-order valence-corrected chi connectivity index (χ0v) is 60.9. The van der Waals surface area contributed by atoms with Gasteiger partial charge in [0, 0.05) is 39.0 Å². The molecule has 0 aliphatic heterocycles. The van der Waals surface area contributed by atoms with Gasteiger partial charge in [0.2, 0.25) is 0 Å². The van der Waals surface area contributed by atoms with Crippen molar-refractivity contribution in [1.29, 1.82) is 0 Å². The second-order valence-electron chi connectivity index (χ2n) is 26.0. The van der Waals surface area contributed by atoms with Gasteiger partial charge in [0.1, 0.15) is 5.82 Å². The number of esters is 2. The molecule has 0 radical (unpaired) electrons. The highest BCUT2D eigenvalue weighted by molar-refractivity contribution is 7.99.